The predicted octanol–water partition coefficient (Wildman–Crippen LogP) is 3.75. The first-order valence-corrected chi connectivity index (χ1v) is 11.6. The van der Waals surface area contributed by atoms with E-state index in [-0.39, 0.29) is 11.8 Å². The number of rotatable bonds is 4. The molecule has 3 aromatic rings. The molecule has 2 saturated heterocycles. The lowest BCUT2D eigenvalue weighted by atomic mass is 9.73. The topological polar surface area (TPSA) is 56.1 Å². The van der Waals surface area contributed by atoms with E-state index in [4.69, 9.17) is 21.1 Å². The van der Waals surface area contributed by atoms with Gasteiger partial charge in [0.05, 0.1) is 18.6 Å². The Morgan fingerprint density at radius 2 is 1.91 bits per heavy atom. The van der Waals surface area contributed by atoms with E-state index in [1.165, 1.54) is 5.56 Å². The standard InChI is InChI=1S/C25H28ClN3O3/c26-22-4-2-21(3-5-22)25(7-12-31-13-8-25)24(30)29-11-14-32-18-20(17-29)15-19-1-6-23-27-9-10-28(23)16-19/h1-6,9-10,16,20H,7-8,11-15,17-18H2/t20-/m0/s1. The molecule has 4 heterocycles. The summed E-state index contributed by atoms with van der Waals surface area (Å²) in [5.74, 6) is 0.424. The van der Waals surface area contributed by atoms with Gasteiger partial charge in [0.1, 0.15) is 5.65 Å². The summed E-state index contributed by atoms with van der Waals surface area (Å²) in [4.78, 5) is 20.4. The molecule has 0 bridgehead atoms. The van der Waals surface area contributed by atoms with Crippen LogP contribution in [-0.4, -0.2) is 59.7 Å². The zero-order chi connectivity index (χ0) is 22.0. The number of hydrogen-bond acceptors (Lipinski definition) is 4. The van der Waals surface area contributed by atoms with Crippen molar-refractivity contribution in [3.8, 4) is 0 Å². The molecule has 2 aliphatic heterocycles. The quantitative estimate of drug-likeness (QED) is 0.603. The number of pyridine rings is 1. The SMILES string of the molecule is O=C(N1CCOC[C@@H](Cc2ccc3nccn3c2)C1)C1(c2ccc(Cl)cc2)CCOCC1. The number of fused-ring (bicyclic) bond motifs is 1. The molecule has 0 aliphatic carbocycles. The largest absolute Gasteiger partial charge is 0.381 e. The maximum Gasteiger partial charge on any atom is 0.233 e. The first kappa shape index (κ1) is 21.4. The van der Waals surface area contributed by atoms with Gasteiger partial charge in [0.15, 0.2) is 0 Å². The maximum atomic E-state index is 14.0. The number of amides is 1. The first-order chi connectivity index (χ1) is 15.6. The molecule has 6 nitrogen and oxygen atoms in total. The third kappa shape index (κ3) is 4.27. The molecule has 1 atom stereocenters. The number of halogens is 1. The van der Waals surface area contributed by atoms with Crippen LogP contribution < -0.4 is 0 Å². The van der Waals surface area contributed by atoms with Crippen LogP contribution in [0.5, 0.6) is 0 Å². The molecule has 168 valence electrons. The van der Waals surface area contributed by atoms with Crippen molar-refractivity contribution in [3.05, 3.63) is 71.1 Å². The highest BCUT2D eigenvalue weighted by Gasteiger charge is 2.44. The van der Waals surface area contributed by atoms with Gasteiger partial charge in [-0.05, 0) is 48.6 Å². The maximum absolute atomic E-state index is 14.0. The third-order valence-corrected chi connectivity index (χ3v) is 7.00. The first-order valence-electron chi connectivity index (χ1n) is 11.3. The monoisotopic (exact) mass is 453 g/mol. The second-order valence-corrected chi connectivity index (χ2v) is 9.26. The molecule has 0 saturated carbocycles. The van der Waals surface area contributed by atoms with E-state index >= 15 is 0 Å². The van der Waals surface area contributed by atoms with Crippen LogP contribution in [-0.2, 0) is 26.1 Å². The van der Waals surface area contributed by atoms with Crippen molar-refractivity contribution in [1.29, 1.82) is 0 Å². The van der Waals surface area contributed by atoms with Crippen molar-refractivity contribution in [1.82, 2.24) is 14.3 Å². The van der Waals surface area contributed by atoms with E-state index < -0.39 is 5.41 Å². The fourth-order valence-electron chi connectivity index (χ4n) is 5.03. The molecule has 0 N–H and O–H groups in total. The summed E-state index contributed by atoms with van der Waals surface area (Å²) < 4.78 is 13.6. The number of carbonyl (C=O) groups excluding carboxylic acids is 1. The van der Waals surface area contributed by atoms with Crippen molar-refractivity contribution in [2.24, 2.45) is 5.92 Å². The molecule has 1 amide bonds. The summed E-state index contributed by atoms with van der Waals surface area (Å²) >= 11 is 6.13. The molecule has 0 unspecified atom stereocenters. The predicted molar refractivity (Wildman–Crippen MR) is 123 cm³/mol. The van der Waals surface area contributed by atoms with Gasteiger partial charge < -0.3 is 18.8 Å². The molecule has 32 heavy (non-hydrogen) atoms. The van der Waals surface area contributed by atoms with Gasteiger partial charge in [-0.25, -0.2) is 4.98 Å². The molecular weight excluding hydrogens is 426 g/mol. The van der Waals surface area contributed by atoms with Crippen molar-refractivity contribution in [2.75, 3.05) is 39.5 Å². The van der Waals surface area contributed by atoms with Gasteiger partial charge >= 0.3 is 0 Å². The van der Waals surface area contributed by atoms with Crippen LogP contribution in [0.15, 0.2) is 55.0 Å². The van der Waals surface area contributed by atoms with Crippen LogP contribution in [0.4, 0.5) is 0 Å². The minimum atomic E-state index is -0.562. The number of carbonyl (C=O) groups is 1. The van der Waals surface area contributed by atoms with Crippen LogP contribution >= 0.6 is 11.6 Å². The molecular formula is C25H28ClN3O3. The number of ether oxygens (including phenoxy) is 2. The van der Waals surface area contributed by atoms with E-state index in [1.807, 2.05) is 45.8 Å². The van der Waals surface area contributed by atoms with Crippen LogP contribution in [0.3, 0.4) is 0 Å². The van der Waals surface area contributed by atoms with Gasteiger partial charge in [0, 0.05) is 55.8 Å². The van der Waals surface area contributed by atoms with Gasteiger partial charge in [-0.3, -0.25) is 4.79 Å². The van der Waals surface area contributed by atoms with Crippen molar-refractivity contribution < 1.29 is 14.3 Å². The highest BCUT2D eigenvalue weighted by molar-refractivity contribution is 6.30. The number of benzene rings is 1. The molecule has 5 rings (SSSR count). The summed E-state index contributed by atoms with van der Waals surface area (Å²) in [6.07, 6.45) is 8.11. The van der Waals surface area contributed by atoms with Crippen LogP contribution in [0, 0.1) is 5.92 Å². The van der Waals surface area contributed by atoms with Crippen LogP contribution in [0.1, 0.15) is 24.0 Å². The fraction of sp³-hybridized carbons (Fsp3) is 0.440. The molecule has 1 aromatic carbocycles. The van der Waals surface area contributed by atoms with E-state index in [0.717, 1.165) is 17.6 Å². The molecule has 2 aliphatic rings. The molecule has 2 aromatic heterocycles. The Kier molecular flexibility index (Phi) is 6.17. The minimum Gasteiger partial charge on any atom is -0.381 e. The van der Waals surface area contributed by atoms with Crippen molar-refractivity contribution in [3.63, 3.8) is 0 Å². The summed E-state index contributed by atoms with van der Waals surface area (Å²) in [6, 6.07) is 11.9. The molecule has 0 spiro atoms. The zero-order valence-corrected chi connectivity index (χ0v) is 18.8. The van der Waals surface area contributed by atoms with Gasteiger partial charge in [-0.15, -0.1) is 0 Å². The van der Waals surface area contributed by atoms with Crippen LogP contribution in [0.25, 0.3) is 5.65 Å². The van der Waals surface area contributed by atoms with E-state index in [0.29, 0.717) is 57.4 Å². The summed E-state index contributed by atoms with van der Waals surface area (Å²) in [5.41, 5.74) is 2.62. The second-order valence-electron chi connectivity index (χ2n) is 8.83. The van der Waals surface area contributed by atoms with Gasteiger partial charge in [0.25, 0.3) is 0 Å². The molecule has 7 heteroatoms. The lowest BCUT2D eigenvalue weighted by Gasteiger charge is -2.40. The smallest absolute Gasteiger partial charge is 0.233 e. The van der Waals surface area contributed by atoms with E-state index in [2.05, 4.69) is 17.2 Å². The Balaban J connectivity index is 1.37. The Bertz CT molecular complexity index is 1080. The average molecular weight is 454 g/mol. The van der Waals surface area contributed by atoms with Gasteiger partial charge in [-0.2, -0.15) is 0 Å². The van der Waals surface area contributed by atoms with E-state index in [1.54, 1.807) is 6.20 Å². The Labute approximate surface area is 193 Å². The van der Waals surface area contributed by atoms with Crippen molar-refractivity contribution >= 4 is 23.2 Å². The number of aromatic nitrogens is 2. The number of nitrogens with zero attached hydrogens (tertiary/aromatic N) is 3. The summed E-state index contributed by atoms with van der Waals surface area (Å²) in [6.45, 7) is 3.71. The zero-order valence-electron chi connectivity index (χ0n) is 18.1. The Morgan fingerprint density at radius 3 is 2.72 bits per heavy atom. The highest BCUT2D eigenvalue weighted by Crippen LogP contribution is 2.38. The number of hydrogen-bond donors (Lipinski definition) is 0. The highest BCUT2D eigenvalue weighted by atomic mass is 35.5. The molecule has 0 radical (unpaired) electrons. The van der Waals surface area contributed by atoms with Gasteiger partial charge in [-0.1, -0.05) is 29.8 Å². The molecule has 2 fully saturated rings. The normalized spacial score (nSPS) is 21.4. The Morgan fingerprint density at radius 1 is 1.09 bits per heavy atom. The van der Waals surface area contributed by atoms with Gasteiger partial charge in [0.2, 0.25) is 5.91 Å². The summed E-state index contributed by atoms with van der Waals surface area (Å²) in [7, 11) is 0. The Hall–Kier alpha value is -2.41. The van der Waals surface area contributed by atoms with E-state index in [9.17, 15) is 4.79 Å². The second kappa shape index (κ2) is 9.22. The third-order valence-electron chi connectivity index (χ3n) is 6.75. The average Bonchev–Trinajstić information content (AvgIpc) is 3.17. The summed E-state index contributed by atoms with van der Waals surface area (Å²) in [5, 5.41) is 0.682. The minimum absolute atomic E-state index is 0.184. The fourth-order valence-corrected chi connectivity index (χ4v) is 5.15. The lowest BCUT2D eigenvalue weighted by molar-refractivity contribution is -0.141. The number of imidazole rings is 1. The van der Waals surface area contributed by atoms with Crippen molar-refractivity contribution in [2.45, 2.75) is 24.7 Å². The van der Waals surface area contributed by atoms with Crippen LogP contribution in [0.2, 0.25) is 5.02 Å². The lowest BCUT2D eigenvalue weighted by Crippen LogP contribution is -2.51.